The van der Waals surface area contributed by atoms with Crippen LogP contribution < -0.4 is 4.90 Å². The third-order valence-corrected chi connectivity index (χ3v) is 12.1. The van der Waals surface area contributed by atoms with Crippen LogP contribution in [-0.2, 0) is 44.5 Å². The fourth-order valence-electron chi connectivity index (χ4n) is 7.07. The summed E-state index contributed by atoms with van der Waals surface area (Å²) in [5, 5.41) is 12.6. The molecule has 3 aliphatic rings. The summed E-state index contributed by atoms with van der Waals surface area (Å²) in [4.78, 5) is 56.6. The molecule has 4 rings (SSSR count). The lowest BCUT2D eigenvalue weighted by Gasteiger charge is -2.41. The van der Waals surface area contributed by atoms with Crippen LogP contribution in [0.25, 0.3) is 0 Å². The highest BCUT2D eigenvalue weighted by molar-refractivity contribution is 7.99. The van der Waals surface area contributed by atoms with Gasteiger partial charge in [-0.05, 0) is 56.6 Å². The summed E-state index contributed by atoms with van der Waals surface area (Å²) in [6, 6.07) is 2.91. The van der Waals surface area contributed by atoms with Crippen molar-refractivity contribution in [2.24, 2.45) is 5.92 Å². The summed E-state index contributed by atoms with van der Waals surface area (Å²) < 4.78 is 23.9. The van der Waals surface area contributed by atoms with Crippen molar-refractivity contribution in [3.05, 3.63) is 52.1 Å². The quantitative estimate of drug-likeness (QED) is 0.264. The average Bonchev–Trinajstić information content (AvgIpc) is 3.77. The largest absolute Gasteiger partial charge is 0.462 e. The van der Waals surface area contributed by atoms with Crippen LogP contribution in [0, 0.1) is 12.8 Å². The van der Waals surface area contributed by atoms with Crippen LogP contribution in [0.4, 0.5) is 5.69 Å². The number of hydrogen-bond donors (Lipinski definition) is 1. The topological polar surface area (TPSA) is 135 Å². The number of methoxy groups -OCH3 is 1. The van der Waals surface area contributed by atoms with E-state index in [1.165, 1.54) is 16.9 Å². The number of carbonyl (C=O) groups excluding carboxylic acids is 4. The molecule has 288 valence electrons. The molecular formula is C39H55ClN2O9S. The predicted octanol–water partition coefficient (Wildman–Crippen LogP) is 5.60. The number of thioether (sulfide) groups is 1. The SMILES string of the molecule is CO[C@@H]1/C=C/C=C(\C)Cc2cc(C)c(Cl)c(c2)N(C)C(=O)C[C@H](OC(=O)[C@H](C)N(C)C(=O)CCSC(C)C)[C@]2(C)O[C@H]2[C@H](C)[C@@H]2C[C@@]1(O)CC(=O)O2. The molecular weight excluding hydrogens is 708 g/mol. The highest BCUT2D eigenvalue weighted by Gasteiger charge is 2.64. The molecule has 0 spiro atoms. The minimum absolute atomic E-state index is 0.0795. The lowest BCUT2D eigenvalue weighted by molar-refractivity contribution is -0.187. The van der Waals surface area contributed by atoms with Crippen molar-refractivity contribution in [3.8, 4) is 0 Å². The molecule has 2 amide bonds. The first-order valence-corrected chi connectivity index (χ1v) is 19.3. The number of amides is 2. The number of benzene rings is 1. The number of ether oxygens (including phenoxy) is 4. The van der Waals surface area contributed by atoms with E-state index < -0.39 is 59.5 Å². The van der Waals surface area contributed by atoms with Gasteiger partial charge in [0.25, 0.3) is 0 Å². The number of halogens is 1. The Kier molecular flexibility index (Phi) is 13.7. The van der Waals surface area contributed by atoms with E-state index in [1.807, 2.05) is 45.1 Å². The number of rotatable bonds is 8. The van der Waals surface area contributed by atoms with Gasteiger partial charge in [0.05, 0.1) is 29.7 Å². The van der Waals surface area contributed by atoms with Crippen molar-refractivity contribution in [3.63, 3.8) is 0 Å². The van der Waals surface area contributed by atoms with Crippen molar-refractivity contribution in [2.75, 3.05) is 31.9 Å². The van der Waals surface area contributed by atoms with Gasteiger partial charge in [0.15, 0.2) is 0 Å². The second kappa shape index (κ2) is 17.1. The fraction of sp³-hybridized carbons (Fsp3) is 0.641. The summed E-state index contributed by atoms with van der Waals surface area (Å²) in [5.41, 5.74) is 0.530. The molecule has 0 aliphatic carbocycles. The van der Waals surface area contributed by atoms with Crippen LogP contribution >= 0.6 is 23.4 Å². The second-order valence-corrected chi connectivity index (χ2v) is 17.1. The summed E-state index contributed by atoms with van der Waals surface area (Å²) in [7, 11) is 4.68. The number of likely N-dealkylation sites (N-methyl/N-ethyl adjacent to an activating group) is 1. The van der Waals surface area contributed by atoms with E-state index in [1.54, 1.807) is 45.8 Å². The number of anilines is 1. The summed E-state index contributed by atoms with van der Waals surface area (Å²) in [6.45, 7) is 13.2. The smallest absolute Gasteiger partial charge is 0.328 e. The zero-order chi connectivity index (χ0) is 38.7. The maximum atomic E-state index is 14.1. The monoisotopic (exact) mass is 762 g/mol. The third kappa shape index (κ3) is 9.60. The lowest BCUT2D eigenvalue weighted by Crippen LogP contribution is -2.53. The molecule has 2 fully saturated rings. The fourth-order valence-corrected chi connectivity index (χ4v) is 8.07. The van der Waals surface area contributed by atoms with Gasteiger partial charge in [0.2, 0.25) is 11.8 Å². The van der Waals surface area contributed by atoms with E-state index in [-0.39, 0.29) is 37.5 Å². The average molecular weight is 763 g/mol. The van der Waals surface area contributed by atoms with E-state index in [0.29, 0.717) is 28.1 Å². The van der Waals surface area contributed by atoms with E-state index >= 15 is 0 Å². The maximum Gasteiger partial charge on any atom is 0.328 e. The van der Waals surface area contributed by atoms with Gasteiger partial charge in [-0.1, -0.05) is 62.2 Å². The Hall–Kier alpha value is -2.90. The number of aliphatic hydroxyl groups is 1. The van der Waals surface area contributed by atoms with Crippen LogP contribution in [0.15, 0.2) is 35.9 Å². The summed E-state index contributed by atoms with van der Waals surface area (Å²) >= 11 is 8.44. The van der Waals surface area contributed by atoms with Crippen LogP contribution in [0.1, 0.15) is 78.4 Å². The van der Waals surface area contributed by atoms with Crippen molar-refractivity contribution < 1.29 is 43.2 Å². The molecule has 2 saturated heterocycles. The van der Waals surface area contributed by atoms with Gasteiger partial charge < -0.3 is 33.9 Å². The molecule has 13 heteroatoms. The van der Waals surface area contributed by atoms with Crippen molar-refractivity contribution >= 4 is 52.8 Å². The second-order valence-electron chi connectivity index (χ2n) is 15.0. The molecule has 1 N–H and O–H groups in total. The Labute approximate surface area is 317 Å². The van der Waals surface area contributed by atoms with Crippen LogP contribution in [-0.4, -0.2) is 108 Å². The summed E-state index contributed by atoms with van der Waals surface area (Å²) in [5.74, 6) is -1.65. The van der Waals surface area contributed by atoms with Crippen LogP contribution in [0.2, 0.25) is 5.02 Å². The zero-order valence-electron chi connectivity index (χ0n) is 32.1. The summed E-state index contributed by atoms with van der Waals surface area (Å²) in [6.07, 6.45) is 2.63. The van der Waals surface area contributed by atoms with Gasteiger partial charge in [-0.3, -0.25) is 14.4 Å². The number of epoxide rings is 1. The molecule has 0 unspecified atom stereocenters. The third-order valence-electron chi connectivity index (χ3n) is 10.5. The zero-order valence-corrected chi connectivity index (χ0v) is 33.6. The normalized spacial score (nSPS) is 31.9. The Morgan fingerprint density at radius 3 is 2.56 bits per heavy atom. The van der Waals surface area contributed by atoms with E-state index in [4.69, 9.17) is 30.5 Å². The Balaban J connectivity index is 1.71. The Morgan fingerprint density at radius 1 is 1.21 bits per heavy atom. The minimum Gasteiger partial charge on any atom is -0.462 e. The molecule has 0 radical (unpaired) electrons. The molecule has 52 heavy (non-hydrogen) atoms. The van der Waals surface area contributed by atoms with Gasteiger partial charge in [0.1, 0.15) is 35.6 Å². The number of carbonyl (C=O) groups is 4. The Morgan fingerprint density at radius 2 is 1.90 bits per heavy atom. The maximum absolute atomic E-state index is 14.1. The van der Waals surface area contributed by atoms with Gasteiger partial charge in [-0.2, -0.15) is 11.8 Å². The van der Waals surface area contributed by atoms with Gasteiger partial charge in [-0.25, -0.2) is 4.79 Å². The molecule has 0 aromatic heterocycles. The molecule has 3 heterocycles. The number of nitrogens with zero attached hydrogens (tertiary/aromatic N) is 2. The number of fused-ring (bicyclic) bond motifs is 5. The standard InChI is InChI=1S/C39H55ClN2O9S/c1-22(2)52-15-14-32(43)41(8)26(6)37(46)50-31-19-33(44)42(9)28-18-27(17-24(4)35(28)40)16-23(3)12-11-13-30(48-10)39(47)20-29(49-34(45)21-39)25(5)36-38(31,7)51-36/h11-13,17-18,22,25-26,29-31,36,47H,14-16,19-21H2,1-10H3/b13-11+,23-12+/t25-,26+,29+,30-,31+,36+,38+,39-/m1/s1. The molecule has 8 atom stereocenters. The first-order chi connectivity index (χ1) is 24.3. The Bertz CT molecular complexity index is 1580. The van der Waals surface area contributed by atoms with Gasteiger partial charge in [0, 0.05) is 45.7 Å². The molecule has 4 bridgehead atoms. The highest BCUT2D eigenvalue weighted by atomic mass is 35.5. The number of esters is 2. The van der Waals surface area contributed by atoms with Gasteiger partial charge in [-0.15, -0.1) is 0 Å². The first kappa shape index (κ1) is 41.9. The molecule has 0 saturated carbocycles. The lowest BCUT2D eigenvalue weighted by atomic mass is 9.78. The minimum atomic E-state index is -1.55. The molecule has 11 nitrogen and oxygen atoms in total. The van der Waals surface area contributed by atoms with E-state index in [0.717, 1.165) is 16.7 Å². The number of allylic oxidation sites excluding steroid dienone is 3. The van der Waals surface area contributed by atoms with Gasteiger partial charge >= 0.3 is 11.9 Å². The number of hydrogen-bond acceptors (Lipinski definition) is 10. The first-order valence-electron chi connectivity index (χ1n) is 17.9. The predicted molar refractivity (Wildman–Crippen MR) is 202 cm³/mol. The van der Waals surface area contributed by atoms with E-state index in [9.17, 15) is 24.3 Å². The van der Waals surface area contributed by atoms with Crippen molar-refractivity contribution in [1.82, 2.24) is 4.90 Å². The van der Waals surface area contributed by atoms with Crippen LogP contribution in [0.3, 0.4) is 0 Å². The van der Waals surface area contributed by atoms with E-state index in [2.05, 4.69) is 13.8 Å². The molecule has 3 aliphatic heterocycles. The molecule has 1 aromatic carbocycles. The van der Waals surface area contributed by atoms with Crippen LogP contribution in [0.5, 0.6) is 0 Å². The highest BCUT2D eigenvalue weighted by Crippen LogP contribution is 2.49. The van der Waals surface area contributed by atoms with Crippen molar-refractivity contribution in [1.29, 1.82) is 0 Å². The number of aryl methyl sites for hydroxylation is 1. The van der Waals surface area contributed by atoms with Crippen molar-refractivity contribution in [2.45, 2.75) is 127 Å². The molecule has 1 aromatic rings.